The summed E-state index contributed by atoms with van der Waals surface area (Å²) in [6, 6.07) is 12.5. The lowest BCUT2D eigenvalue weighted by molar-refractivity contribution is 0.565. The summed E-state index contributed by atoms with van der Waals surface area (Å²) in [5, 5.41) is 0. The summed E-state index contributed by atoms with van der Waals surface area (Å²) in [6.07, 6.45) is 1.78. The molecule has 0 N–H and O–H groups in total. The third-order valence-electron chi connectivity index (χ3n) is 10.8. The lowest BCUT2D eigenvalue weighted by Gasteiger charge is -2.23. The van der Waals surface area contributed by atoms with Crippen LogP contribution < -0.4 is 0 Å². The van der Waals surface area contributed by atoms with E-state index in [1.165, 1.54) is 33.4 Å². The van der Waals surface area contributed by atoms with Crippen molar-refractivity contribution in [2.24, 2.45) is 30.0 Å². The monoisotopic (exact) mass is 799 g/mol. The third-order valence-corrected chi connectivity index (χ3v) is 10.8. The maximum Gasteiger partial charge on any atom is 0.240 e. The minimum atomic E-state index is 0.119. The average molecular weight is 799 g/mol. The molecule has 0 radical (unpaired) electrons. The molecule has 0 fully saturated rings. The highest BCUT2D eigenvalue weighted by Gasteiger charge is 2.25. The Hall–Kier alpha value is -4.75. The summed E-state index contributed by atoms with van der Waals surface area (Å²) in [6.45, 7) is 45.1. The molecule has 3 aromatic carbocycles. The van der Waals surface area contributed by atoms with Crippen molar-refractivity contribution < 1.29 is 4.79 Å². The fraction of sp³-hybridized carbons (Fsp3) is 0.558. The second kappa shape index (κ2) is 22.6. The van der Waals surface area contributed by atoms with Gasteiger partial charge in [-0.05, 0) is 117 Å². The van der Waals surface area contributed by atoms with Gasteiger partial charge in [0.1, 0.15) is 6.01 Å². The molecule has 0 saturated carbocycles. The van der Waals surface area contributed by atoms with Gasteiger partial charge in [-0.2, -0.15) is 20.0 Å². The van der Waals surface area contributed by atoms with Gasteiger partial charge in [-0.1, -0.05) is 143 Å². The molecule has 0 aromatic heterocycles. The Bertz CT molecular complexity index is 2170. The van der Waals surface area contributed by atoms with E-state index >= 15 is 0 Å². The Morgan fingerprint density at radius 2 is 0.695 bits per heavy atom. The SMILES string of the molecule is C=C=Nc1c(C(C)C)cc(C(C)C)c(N=C=NC)c1C(C)C.Cc1c(C(C)C)cc(C(C)C)c(N=C=Nc2c(C(C)C)cc(C(C)C)c(N=C=O)c2C(C)C)c1C(C)C. The van der Waals surface area contributed by atoms with Gasteiger partial charge in [0.2, 0.25) is 6.08 Å². The molecule has 0 atom stereocenters. The zero-order valence-electron chi connectivity index (χ0n) is 40.2. The maximum absolute atomic E-state index is 11.4. The minimum Gasteiger partial charge on any atom is -0.229 e. The summed E-state index contributed by atoms with van der Waals surface area (Å²) in [7, 11) is 1.68. The van der Waals surface area contributed by atoms with Crippen LogP contribution in [-0.2, 0) is 4.79 Å². The number of hydrogen-bond acceptors (Lipinski definition) is 7. The second-order valence-electron chi connectivity index (χ2n) is 18.4. The van der Waals surface area contributed by atoms with Crippen LogP contribution in [-0.4, -0.2) is 31.0 Å². The first-order chi connectivity index (χ1) is 27.6. The number of rotatable bonds is 14. The van der Waals surface area contributed by atoms with Crippen LogP contribution in [0.5, 0.6) is 0 Å². The van der Waals surface area contributed by atoms with Gasteiger partial charge in [0.25, 0.3) is 0 Å². The van der Waals surface area contributed by atoms with Gasteiger partial charge in [-0.25, -0.2) is 14.8 Å². The van der Waals surface area contributed by atoms with Gasteiger partial charge in [0.15, 0.2) is 0 Å². The van der Waals surface area contributed by atoms with E-state index in [-0.39, 0.29) is 17.8 Å². The summed E-state index contributed by atoms with van der Waals surface area (Å²) in [5.74, 6) is 5.42. The number of nitrogens with zero attached hydrogens (tertiary/aromatic N) is 6. The first-order valence-electron chi connectivity index (χ1n) is 21.7. The van der Waals surface area contributed by atoms with Gasteiger partial charge < -0.3 is 0 Å². The van der Waals surface area contributed by atoms with Crippen molar-refractivity contribution in [2.45, 2.75) is 185 Å². The topological polar surface area (TPSA) is 91.2 Å². The van der Waals surface area contributed by atoms with Crippen molar-refractivity contribution in [3.8, 4) is 0 Å². The van der Waals surface area contributed by atoms with E-state index in [9.17, 15) is 4.79 Å². The van der Waals surface area contributed by atoms with Crippen LogP contribution in [0.15, 0.2) is 54.7 Å². The number of hydrogen-bond donors (Lipinski definition) is 0. The largest absolute Gasteiger partial charge is 0.240 e. The van der Waals surface area contributed by atoms with E-state index in [1.807, 2.05) is 0 Å². The number of isocyanates is 1. The van der Waals surface area contributed by atoms with Crippen LogP contribution in [0.1, 0.15) is 234 Å². The molecule has 7 nitrogen and oxygen atoms in total. The van der Waals surface area contributed by atoms with Crippen LogP contribution in [0.25, 0.3) is 0 Å². The van der Waals surface area contributed by atoms with Crippen LogP contribution >= 0.6 is 0 Å². The Morgan fingerprint density at radius 1 is 0.407 bits per heavy atom. The zero-order chi connectivity index (χ0) is 45.0. The fourth-order valence-corrected chi connectivity index (χ4v) is 7.86. The predicted molar refractivity (Wildman–Crippen MR) is 256 cm³/mol. The van der Waals surface area contributed by atoms with E-state index in [4.69, 9.17) is 9.98 Å². The molecule has 7 heteroatoms. The van der Waals surface area contributed by atoms with Crippen LogP contribution in [0, 0.1) is 6.92 Å². The molecule has 3 rings (SSSR count). The normalized spacial score (nSPS) is 11.3. The molecule has 0 aliphatic heterocycles. The molecule has 0 aliphatic rings. The van der Waals surface area contributed by atoms with E-state index in [0.717, 1.165) is 45.0 Å². The molecular weight excluding hydrogens is 725 g/mol. The fourth-order valence-electron chi connectivity index (χ4n) is 7.86. The third kappa shape index (κ3) is 12.2. The molecular formula is C52H74N6O. The maximum atomic E-state index is 11.4. The summed E-state index contributed by atoms with van der Waals surface area (Å²) < 4.78 is 0. The molecule has 0 spiro atoms. The smallest absolute Gasteiger partial charge is 0.229 e. The molecule has 3 aromatic rings. The van der Waals surface area contributed by atoms with E-state index in [2.05, 4.69) is 194 Å². The molecule has 0 saturated heterocycles. The van der Waals surface area contributed by atoms with Crippen LogP contribution in [0.4, 0.5) is 28.4 Å². The van der Waals surface area contributed by atoms with Crippen LogP contribution in [0.3, 0.4) is 0 Å². The lowest BCUT2D eigenvalue weighted by Crippen LogP contribution is -2.04. The molecule has 0 aliphatic carbocycles. The van der Waals surface area contributed by atoms with E-state index in [1.54, 1.807) is 13.1 Å². The highest BCUT2D eigenvalue weighted by Crippen LogP contribution is 2.47. The molecule has 0 unspecified atom stereocenters. The highest BCUT2D eigenvalue weighted by molar-refractivity contribution is 5.77. The van der Waals surface area contributed by atoms with Gasteiger partial charge in [0.05, 0.1) is 34.4 Å². The lowest BCUT2D eigenvalue weighted by atomic mass is 9.83. The Labute approximate surface area is 358 Å². The predicted octanol–water partition coefficient (Wildman–Crippen LogP) is 16.8. The Kier molecular flexibility index (Phi) is 19.3. The molecule has 318 valence electrons. The quantitative estimate of drug-likeness (QED) is 0.118. The molecule has 59 heavy (non-hydrogen) atoms. The standard InChI is InChI=1S/C33H47N3O.C19H27N3/c1-18(2)25-14-26(19(3)4)31(29(22(9)10)24(25)13)34-16-35-32-27(20(5)6)15-28(21(7)8)33(36-17-37)30(32)23(11)12;1-9-21-18-15(12(2)3)10-16(13(4)5)19(22-11-20-8)17(18)14(6)7/h14-15,18-23H,1-13H3;10,12-14H,1H2,2-8H3. The molecule has 0 bridgehead atoms. The average Bonchev–Trinajstić information content (AvgIpc) is 3.13. The van der Waals surface area contributed by atoms with Crippen molar-refractivity contribution in [1.82, 2.24) is 0 Å². The zero-order valence-corrected chi connectivity index (χ0v) is 40.2. The van der Waals surface area contributed by atoms with Crippen molar-refractivity contribution in [2.75, 3.05) is 7.05 Å². The van der Waals surface area contributed by atoms with Crippen molar-refractivity contribution in [3.63, 3.8) is 0 Å². The summed E-state index contributed by atoms with van der Waals surface area (Å²) in [4.78, 5) is 38.2. The van der Waals surface area contributed by atoms with E-state index in [0.29, 0.717) is 41.2 Å². The molecule has 0 amide bonds. The number of carbonyl (C=O) groups excluding carboxylic acids is 1. The first kappa shape index (κ1) is 50.4. The first-order valence-corrected chi connectivity index (χ1v) is 21.7. The van der Waals surface area contributed by atoms with Gasteiger partial charge >= 0.3 is 0 Å². The van der Waals surface area contributed by atoms with Crippen molar-refractivity contribution >= 4 is 52.4 Å². The van der Waals surface area contributed by atoms with Gasteiger partial charge in [-0.15, -0.1) is 0 Å². The van der Waals surface area contributed by atoms with E-state index < -0.39 is 0 Å². The Morgan fingerprint density at radius 3 is 0.983 bits per heavy atom. The van der Waals surface area contributed by atoms with Crippen LogP contribution in [0.2, 0.25) is 0 Å². The summed E-state index contributed by atoms with van der Waals surface area (Å²) >= 11 is 0. The van der Waals surface area contributed by atoms with Gasteiger partial charge in [-0.3, -0.25) is 0 Å². The van der Waals surface area contributed by atoms with Crippen molar-refractivity contribution in [1.29, 1.82) is 0 Å². The second-order valence-corrected chi connectivity index (χ2v) is 18.4. The van der Waals surface area contributed by atoms with Gasteiger partial charge in [0, 0.05) is 18.2 Å². The van der Waals surface area contributed by atoms with Crippen molar-refractivity contribution in [3.05, 3.63) is 80.4 Å². The number of benzene rings is 3. The Balaban J connectivity index is 0.000000464. The summed E-state index contributed by atoms with van der Waals surface area (Å²) in [5.41, 5.74) is 16.3. The number of aliphatic imine (C=N–C) groups is 6. The highest BCUT2D eigenvalue weighted by atomic mass is 16.1. The minimum absolute atomic E-state index is 0.119. The molecule has 0 heterocycles.